The molecule has 138 valence electrons. The second kappa shape index (κ2) is 6.34. The number of pyridine rings is 1. The van der Waals surface area contributed by atoms with Gasteiger partial charge in [0.2, 0.25) is 5.95 Å². The van der Waals surface area contributed by atoms with E-state index >= 15 is 0 Å². The van der Waals surface area contributed by atoms with E-state index < -0.39 is 0 Å². The smallest absolute Gasteiger partial charge is 0.255 e. The van der Waals surface area contributed by atoms with Crippen LogP contribution in [0.3, 0.4) is 0 Å². The van der Waals surface area contributed by atoms with Crippen molar-refractivity contribution in [3.63, 3.8) is 0 Å². The highest BCUT2D eigenvalue weighted by Crippen LogP contribution is 2.35. The molecule has 3 aromatic rings. The van der Waals surface area contributed by atoms with Gasteiger partial charge in [0.05, 0.1) is 16.6 Å². The number of likely N-dealkylation sites (tertiary alicyclic amines) is 1. The van der Waals surface area contributed by atoms with E-state index in [0.717, 1.165) is 47.6 Å². The normalized spacial score (nSPS) is 21.9. The number of benzene rings is 1. The Morgan fingerprint density at radius 2 is 1.85 bits per heavy atom. The van der Waals surface area contributed by atoms with E-state index in [0.29, 0.717) is 17.4 Å². The largest absolute Gasteiger partial charge is 0.342 e. The Hall–Kier alpha value is -2.41. The van der Waals surface area contributed by atoms with E-state index in [1.165, 1.54) is 0 Å². The second-order valence-electron chi connectivity index (χ2n) is 7.49. The van der Waals surface area contributed by atoms with Crippen LogP contribution in [-0.2, 0) is 7.05 Å². The van der Waals surface area contributed by atoms with Crippen LogP contribution in [0.4, 0.5) is 5.95 Å². The van der Waals surface area contributed by atoms with Crippen LogP contribution >= 0.6 is 15.9 Å². The number of carbonyl (C=O) groups is 1. The zero-order chi connectivity index (χ0) is 18.5. The predicted octanol–water partition coefficient (Wildman–Crippen LogP) is 2.94. The number of imidazole rings is 1. The molecular formula is C20H20BrN5O. The Morgan fingerprint density at radius 3 is 2.56 bits per heavy atom. The number of aryl methyl sites for hydroxylation is 1. The molecule has 0 aliphatic carbocycles. The maximum absolute atomic E-state index is 12.8. The molecule has 2 aliphatic rings. The summed E-state index contributed by atoms with van der Waals surface area (Å²) in [6, 6.07) is 10.1. The number of fused-ring (bicyclic) bond motifs is 2. The van der Waals surface area contributed by atoms with Crippen molar-refractivity contribution in [2.24, 2.45) is 18.9 Å². The summed E-state index contributed by atoms with van der Waals surface area (Å²) in [4.78, 5) is 26.1. The highest BCUT2D eigenvalue weighted by atomic mass is 79.9. The zero-order valence-electron chi connectivity index (χ0n) is 15.0. The van der Waals surface area contributed by atoms with Gasteiger partial charge in [-0.25, -0.2) is 4.98 Å². The van der Waals surface area contributed by atoms with Crippen LogP contribution in [0, 0.1) is 11.8 Å². The van der Waals surface area contributed by atoms with Crippen LogP contribution < -0.4 is 4.90 Å². The lowest BCUT2D eigenvalue weighted by Gasteiger charge is -2.22. The lowest BCUT2D eigenvalue weighted by molar-refractivity contribution is 0.0782. The summed E-state index contributed by atoms with van der Waals surface area (Å²) in [5.41, 5.74) is 2.84. The van der Waals surface area contributed by atoms with Gasteiger partial charge in [-0.15, -0.1) is 0 Å². The molecule has 4 heterocycles. The summed E-state index contributed by atoms with van der Waals surface area (Å²) in [6.45, 7) is 3.50. The molecule has 2 aliphatic heterocycles. The maximum Gasteiger partial charge on any atom is 0.255 e. The minimum atomic E-state index is 0.0764. The summed E-state index contributed by atoms with van der Waals surface area (Å²) in [7, 11) is 2.08. The van der Waals surface area contributed by atoms with Crippen molar-refractivity contribution >= 4 is 38.8 Å². The molecule has 0 radical (unpaired) electrons. The van der Waals surface area contributed by atoms with E-state index in [1.54, 1.807) is 12.4 Å². The molecule has 2 unspecified atom stereocenters. The highest BCUT2D eigenvalue weighted by Gasteiger charge is 2.42. The average Bonchev–Trinajstić information content (AvgIpc) is 3.33. The van der Waals surface area contributed by atoms with E-state index in [9.17, 15) is 4.79 Å². The van der Waals surface area contributed by atoms with E-state index in [1.807, 2.05) is 23.1 Å². The number of anilines is 1. The van der Waals surface area contributed by atoms with Crippen molar-refractivity contribution in [2.75, 3.05) is 31.1 Å². The standard InChI is InChI=1S/C20H20BrN5O/c1-24-18-5-3-2-4-17(18)23-20(24)26-11-14-9-25(10-15(14)12-26)19(27)13-6-16(21)8-22-7-13/h2-8,14-15H,9-12H2,1H3. The van der Waals surface area contributed by atoms with Gasteiger partial charge in [0, 0.05) is 61.9 Å². The van der Waals surface area contributed by atoms with Crippen LogP contribution in [0.25, 0.3) is 11.0 Å². The van der Waals surface area contributed by atoms with Gasteiger partial charge in [0.1, 0.15) is 0 Å². The molecule has 27 heavy (non-hydrogen) atoms. The summed E-state index contributed by atoms with van der Waals surface area (Å²) < 4.78 is 3.01. The molecule has 0 spiro atoms. The fourth-order valence-corrected chi connectivity index (χ4v) is 4.81. The van der Waals surface area contributed by atoms with Gasteiger partial charge in [-0.1, -0.05) is 12.1 Å². The van der Waals surface area contributed by atoms with Crippen LogP contribution in [0.2, 0.25) is 0 Å². The van der Waals surface area contributed by atoms with E-state index in [4.69, 9.17) is 4.98 Å². The summed E-state index contributed by atoms with van der Waals surface area (Å²) >= 11 is 3.39. The molecule has 2 fully saturated rings. The number of rotatable bonds is 2. The molecule has 2 atom stereocenters. The minimum Gasteiger partial charge on any atom is -0.342 e. The average molecular weight is 426 g/mol. The van der Waals surface area contributed by atoms with Crippen molar-refractivity contribution in [2.45, 2.75) is 0 Å². The van der Waals surface area contributed by atoms with Crippen molar-refractivity contribution in [3.05, 3.63) is 52.8 Å². The summed E-state index contributed by atoms with van der Waals surface area (Å²) in [6.07, 6.45) is 3.34. The quantitative estimate of drug-likeness (QED) is 0.633. The second-order valence-corrected chi connectivity index (χ2v) is 8.40. The van der Waals surface area contributed by atoms with Gasteiger partial charge >= 0.3 is 0 Å². The number of nitrogens with zero attached hydrogens (tertiary/aromatic N) is 5. The monoisotopic (exact) mass is 425 g/mol. The number of amides is 1. The minimum absolute atomic E-state index is 0.0764. The number of hydrogen-bond donors (Lipinski definition) is 0. The van der Waals surface area contributed by atoms with Crippen LogP contribution in [0.1, 0.15) is 10.4 Å². The third-order valence-electron chi connectivity index (χ3n) is 5.77. The zero-order valence-corrected chi connectivity index (χ0v) is 16.6. The molecule has 2 aromatic heterocycles. The van der Waals surface area contributed by atoms with Gasteiger partial charge < -0.3 is 14.4 Å². The Bertz CT molecular complexity index is 1020. The van der Waals surface area contributed by atoms with Crippen molar-refractivity contribution in [1.29, 1.82) is 0 Å². The number of hydrogen-bond acceptors (Lipinski definition) is 4. The molecule has 2 saturated heterocycles. The Morgan fingerprint density at radius 1 is 1.11 bits per heavy atom. The SMILES string of the molecule is Cn1c(N2CC3CN(C(=O)c4cncc(Br)c4)CC3C2)nc2ccccc21. The Labute approximate surface area is 165 Å². The molecule has 1 amide bonds. The van der Waals surface area contributed by atoms with E-state index in [2.05, 4.69) is 49.6 Å². The maximum atomic E-state index is 12.8. The fraction of sp³-hybridized carbons (Fsp3) is 0.350. The molecule has 7 heteroatoms. The van der Waals surface area contributed by atoms with Crippen LogP contribution in [0.5, 0.6) is 0 Å². The van der Waals surface area contributed by atoms with Crippen molar-refractivity contribution in [1.82, 2.24) is 19.4 Å². The summed E-state index contributed by atoms with van der Waals surface area (Å²) in [5.74, 6) is 2.09. The first-order valence-corrected chi connectivity index (χ1v) is 9.95. The van der Waals surface area contributed by atoms with E-state index in [-0.39, 0.29) is 5.91 Å². The van der Waals surface area contributed by atoms with Gasteiger partial charge in [-0.3, -0.25) is 9.78 Å². The van der Waals surface area contributed by atoms with Gasteiger partial charge in [0.15, 0.2) is 0 Å². The number of aromatic nitrogens is 3. The lowest BCUT2D eigenvalue weighted by atomic mass is 10.0. The first kappa shape index (κ1) is 16.7. The van der Waals surface area contributed by atoms with Crippen molar-refractivity contribution < 1.29 is 4.79 Å². The first-order valence-electron chi connectivity index (χ1n) is 9.16. The van der Waals surface area contributed by atoms with Gasteiger partial charge in [-0.2, -0.15) is 0 Å². The Kier molecular flexibility index (Phi) is 3.93. The van der Waals surface area contributed by atoms with Gasteiger partial charge in [0.25, 0.3) is 5.91 Å². The van der Waals surface area contributed by atoms with Crippen molar-refractivity contribution in [3.8, 4) is 0 Å². The van der Waals surface area contributed by atoms with Gasteiger partial charge in [-0.05, 0) is 34.1 Å². The predicted molar refractivity (Wildman–Crippen MR) is 108 cm³/mol. The molecule has 5 rings (SSSR count). The number of halogens is 1. The number of para-hydroxylation sites is 2. The van der Waals surface area contributed by atoms with Crippen LogP contribution in [0.15, 0.2) is 47.2 Å². The lowest BCUT2D eigenvalue weighted by Crippen LogP contribution is -2.34. The fourth-order valence-electron chi connectivity index (χ4n) is 4.45. The molecular weight excluding hydrogens is 406 g/mol. The molecule has 0 saturated carbocycles. The molecule has 0 bridgehead atoms. The first-order chi connectivity index (χ1) is 13.1. The Balaban J connectivity index is 1.32. The topological polar surface area (TPSA) is 54.3 Å². The summed E-state index contributed by atoms with van der Waals surface area (Å²) in [5, 5.41) is 0. The molecule has 0 N–H and O–H groups in total. The third-order valence-corrected chi connectivity index (χ3v) is 6.21. The van der Waals surface area contributed by atoms with Crippen LogP contribution in [-0.4, -0.2) is 51.5 Å². The molecule has 1 aromatic carbocycles. The highest BCUT2D eigenvalue weighted by molar-refractivity contribution is 9.10. The third kappa shape index (κ3) is 2.81. The molecule has 6 nitrogen and oxygen atoms in total. The number of carbonyl (C=O) groups excluding carboxylic acids is 1.